The molecule has 1 aliphatic heterocycles. The lowest BCUT2D eigenvalue weighted by Crippen LogP contribution is -2.41. The van der Waals surface area contributed by atoms with Crippen molar-refractivity contribution in [3.8, 4) is 5.88 Å². The van der Waals surface area contributed by atoms with Gasteiger partial charge in [-0.05, 0) is 40.2 Å². The monoisotopic (exact) mass is 325 g/mol. The highest BCUT2D eigenvalue weighted by Crippen LogP contribution is 2.36. The Morgan fingerprint density at radius 2 is 1.67 bits per heavy atom. The van der Waals surface area contributed by atoms with Crippen LogP contribution in [0.5, 0.6) is 5.88 Å². The predicted octanol–water partition coefficient (Wildman–Crippen LogP) is 3.27. The van der Waals surface area contributed by atoms with Crippen molar-refractivity contribution in [1.82, 2.24) is 4.98 Å². The summed E-state index contributed by atoms with van der Waals surface area (Å²) in [6.07, 6.45) is 1.77. The second kappa shape index (κ2) is 6.23. The lowest BCUT2D eigenvalue weighted by molar-refractivity contribution is 0.00578. The Labute approximate surface area is 144 Å². The lowest BCUT2D eigenvalue weighted by Gasteiger charge is -2.32. The maximum Gasteiger partial charge on any atom is 0.496 e. The molecule has 126 valence electrons. The van der Waals surface area contributed by atoms with Crippen molar-refractivity contribution < 1.29 is 14.0 Å². The Bertz CT molecular complexity index is 700. The molecule has 1 aromatic heterocycles. The number of nitrogens with zero attached hydrogens (tertiary/aromatic N) is 1. The maximum atomic E-state index is 6.07. The first-order valence-electron chi connectivity index (χ1n) is 8.27. The third kappa shape index (κ3) is 3.33. The average Bonchev–Trinajstić information content (AvgIpc) is 2.75. The molecule has 0 N–H and O–H groups in total. The average molecular weight is 325 g/mol. The molecule has 1 fully saturated rings. The van der Waals surface area contributed by atoms with Gasteiger partial charge in [0.2, 0.25) is 5.88 Å². The van der Waals surface area contributed by atoms with Gasteiger partial charge in [-0.3, -0.25) is 0 Å². The Hall–Kier alpha value is -1.85. The van der Waals surface area contributed by atoms with Gasteiger partial charge in [-0.15, -0.1) is 0 Å². The fraction of sp³-hybridized carbons (Fsp3) is 0.421. The van der Waals surface area contributed by atoms with Gasteiger partial charge in [0.15, 0.2) is 0 Å². The molecule has 0 unspecified atom stereocenters. The minimum atomic E-state index is -0.399. The Kier molecular flexibility index (Phi) is 4.41. The van der Waals surface area contributed by atoms with Gasteiger partial charge in [0.1, 0.15) is 6.61 Å². The molecular weight excluding hydrogens is 301 g/mol. The summed E-state index contributed by atoms with van der Waals surface area (Å²) in [5, 5.41) is 0. The molecule has 24 heavy (non-hydrogen) atoms. The number of rotatable bonds is 4. The van der Waals surface area contributed by atoms with E-state index < -0.39 is 7.12 Å². The first-order chi connectivity index (χ1) is 11.3. The topological polar surface area (TPSA) is 40.6 Å². The second-order valence-corrected chi connectivity index (χ2v) is 7.25. The molecule has 1 aliphatic rings. The largest absolute Gasteiger partial charge is 0.496 e. The number of aryl methyl sites for hydroxylation is 1. The van der Waals surface area contributed by atoms with E-state index in [0.29, 0.717) is 12.5 Å². The van der Waals surface area contributed by atoms with Crippen LogP contribution < -0.4 is 10.2 Å². The van der Waals surface area contributed by atoms with Gasteiger partial charge in [-0.1, -0.05) is 36.4 Å². The van der Waals surface area contributed by atoms with E-state index in [1.165, 1.54) is 0 Å². The minimum absolute atomic E-state index is 0.353. The van der Waals surface area contributed by atoms with Gasteiger partial charge < -0.3 is 14.0 Å². The highest BCUT2D eigenvalue weighted by Gasteiger charge is 2.51. The van der Waals surface area contributed by atoms with Gasteiger partial charge in [0, 0.05) is 17.2 Å². The van der Waals surface area contributed by atoms with Crippen LogP contribution >= 0.6 is 0 Å². The Morgan fingerprint density at radius 3 is 2.25 bits per heavy atom. The molecule has 0 aliphatic carbocycles. The van der Waals surface area contributed by atoms with E-state index in [1.807, 2.05) is 71.0 Å². The summed E-state index contributed by atoms with van der Waals surface area (Å²) >= 11 is 0. The van der Waals surface area contributed by atoms with Crippen molar-refractivity contribution in [2.24, 2.45) is 0 Å². The maximum absolute atomic E-state index is 6.07. The Morgan fingerprint density at radius 1 is 1.04 bits per heavy atom. The normalized spacial score (nSPS) is 18.6. The highest BCUT2D eigenvalue weighted by atomic mass is 16.7. The molecule has 1 saturated heterocycles. The summed E-state index contributed by atoms with van der Waals surface area (Å²) in [6.45, 7) is 10.7. The van der Waals surface area contributed by atoms with Crippen LogP contribution in [0.4, 0.5) is 0 Å². The van der Waals surface area contributed by atoms with Crippen LogP contribution in [0, 0.1) is 6.92 Å². The molecule has 3 rings (SSSR count). The van der Waals surface area contributed by atoms with Crippen LogP contribution in [0.25, 0.3) is 0 Å². The minimum Gasteiger partial charge on any atom is -0.473 e. The second-order valence-electron chi connectivity index (χ2n) is 7.25. The zero-order chi connectivity index (χ0) is 17.4. The van der Waals surface area contributed by atoms with E-state index >= 15 is 0 Å². The third-order valence-corrected chi connectivity index (χ3v) is 4.80. The zero-order valence-corrected chi connectivity index (χ0v) is 15.0. The molecule has 4 nitrogen and oxygen atoms in total. The Balaban J connectivity index is 1.71. The number of hydrogen-bond donors (Lipinski definition) is 0. The first kappa shape index (κ1) is 17.0. The van der Waals surface area contributed by atoms with Gasteiger partial charge in [0.25, 0.3) is 0 Å². The summed E-state index contributed by atoms with van der Waals surface area (Å²) in [5.74, 6) is 0.638. The fourth-order valence-electron chi connectivity index (χ4n) is 2.57. The van der Waals surface area contributed by atoms with Gasteiger partial charge >= 0.3 is 7.12 Å². The SMILES string of the molecule is Cc1cc(B2OC(C)(C)C(C)(C)O2)cnc1OCc1ccccc1. The summed E-state index contributed by atoms with van der Waals surface area (Å²) in [7, 11) is -0.399. The zero-order valence-electron chi connectivity index (χ0n) is 15.0. The number of benzene rings is 1. The van der Waals surface area contributed by atoms with E-state index in [2.05, 4.69) is 4.98 Å². The molecule has 0 amide bonds. The summed E-state index contributed by atoms with van der Waals surface area (Å²) < 4.78 is 18.0. The van der Waals surface area contributed by atoms with Crippen LogP contribution in [0.1, 0.15) is 38.8 Å². The molecule has 5 heteroatoms. The summed E-state index contributed by atoms with van der Waals surface area (Å²) in [4.78, 5) is 4.45. The fourth-order valence-corrected chi connectivity index (χ4v) is 2.57. The van der Waals surface area contributed by atoms with Crippen LogP contribution in [-0.2, 0) is 15.9 Å². The van der Waals surface area contributed by atoms with Gasteiger partial charge in [-0.25, -0.2) is 4.98 Å². The molecule has 1 aromatic carbocycles. The van der Waals surface area contributed by atoms with Crippen LogP contribution in [0.15, 0.2) is 42.6 Å². The first-order valence-corrected chi connectivity index (χ1v) is 8.27. The smallest absolute Gasteiger partial charge is 0.473 e. The molecule has 0 bridgehead atoms. The molecular formula is C19H24BNO3. The highest BCUT2D eigenvalue weighted by molar-refractivity contribution is 6.62. The lowest BCUT2D eigenvalue weighted by atomic mass is 9.80. The van der Waals surface area contributed by atoms with Gasteiger partial charge in [0.05, 0.1) is 11.2 Å². The number of aromatic nitrogens is 1. The van der Waals surface area contributed by atoms with Crippen LogP contribution in [-0.4, -0.2) is 23.3 Å². The predicted molar refractivity (Wildman–Crippen MR) is 95.5 cm³/mol. The summed E-state index contributed by atoms with van der Waals surface area (Å²) in [5.41, 5.74) is 2.30. The van der Waals surface area contributed by atoms with Crippen molar-refractivity contribution in [3.63, 3.8) is 0 Å². The number of ether oxygens (including phenoxy) is 1. The van der Waals surface area contributed by atoms with Gasteiger partial charge in [-0.2, -0.15) is 0 Å². The van der Waals surface area contributed by atoms with E-state index in [4.69, 9.17) is 14.0 Å². The molecule has 0 atom stereocenters. The van der Waals surface area contributed by atoms with Crippen molar-refractivity contribution in [2.45, 2.75) is 52.4 Å². The van der Waals surface area contributed by atoms with E-state index in [0.717, 1.165) is 16.6 Å². The van der Waals surface area contributed by atoms with Crippen molar-refractivity contribution in [1.29, 1.82) is 0 Å². The quantitative estimate of drug-likeness (QED) is 0.809. The standard InChI is InChI=1S/C19H24BNO3/c1-14-11-16(20-23-18(2,3)19(4,5)24-20)12-21-17(14)22-13-15-9-7-6-8-10-15/h6-12H,13H2,1-5H3. The van der Waals surface area contributed by atoms with E-state index in [1.54, 1.807) is 6.20 Å². The van der Waals surface area contributed by atoms with Crippen molar-refractivity contribution in [3.05, 3.63) is 53.7 Å². The van der Waals surface area contributed by atoms with Crippen LogP contribution in [0.2, 0.25) is 0 Å². The number of hydrogen-bond acceptors (Lipinski definition) is 4. The molecule has 2 heterocycles. The van der Waals surface area contributed by atoms with E-state index in [-0.39, 0.29) is 11.2 Å². The molecule has 2 aromatic rings. The van der Waals surface area contributed by atoms with E-state index in [9.17, 15) is 0 Å². The number of pyridine rings is 1. The van der Waals surface area contributed by atoms with Crippen molar-refractivity contribution >= 4 is 12.6 Å². The van der Waals surface area contributed by atoms with Crippen LogP contribution in [0.3, 0.4) is 0 Å². The molecule has 0 radical (unpaired) electrons. The third-order valence-electron chi connectivity index (χ3n) is 4.80. The van der Waals surface area contributed by atoms with Crippen molar-refractivity contribution in [2.75, 3.05) is 0 Å². The molecule has 0 spiro atoms. The molecule has 0 saturated carbocycles. The summed E-state index contributed by atoms with van der Waals surface area (Å²) in [6, 6.07) is 12.1.